The van der Waals surface area contributed by atoms with Crippen molar-refractivity contribution in [2.75, 3.05) is 0 Å². The third-order valence-electron chi connectivity index (χ3n) is 4.08. The summed E-state index contributed by atoms with van der Waals surface area (Å²) >= 11 is 0. The van der Waals surface area contributed by atoms with E-state index in [4.69, 9.17) is 9.47 Å². The van der Waals surface area contributed by atoms with Gasteiger partial charge in [0.1, 0.15) is 11.5 Å². The summed E-state index contributed by atoms with van der Waals surface area (Å²) in [5.41, 5.74) is 2.68. The molecule has 0 bridgehead atoms. The molecule has 0 aliphatic carbocycles. The molecule has 2 atom stereocenters. The molecular formula is C19H22O2. The van der Waals surface area contributed by atoms with Crippen LogP contribution < -0.4 is 4.74 Å². The lowest BCUT2D eigenvalue weighted by Gasteiger charge is -2.09. The molecule has 0 amide bonds. The molecule has 1 saturated heterocycles. The highest BCUT2D eigenvalue weighted by Gasteiger charge is 2.36. The molecule has 110 valence electrons. The van der Waals surface area contributed by atoms with Gasteiger partial charge in [0.25, 0.3) is 0 Å². The Morgan fingerprint density at radius 3 is 2.48 bits per heavy atom. The predicted octanol–water partition coefficient (Wildman–Crippen LogP) is 4.90. The average molecular weight is 282 g/mol. The first kappa shape index (κ1) is 14.2. The molecule has 0 aromatic heterocycles. The molecule has 21 heavy (non-hydrogen) atoms. The van der Waals surface area contributed by atoms with Crippen LogP contribution in [0.1, 0.15) is 30.9 Å². The van der Waals surface area contributed by atoms with Gasteiger partial charge >= 0.3 is 0 Å². The van der Waals surface area contributed by atoms with Crippen molar-refractivity contribution < 1.29 is 9.47 Å². The number of hydrogen-bond donors (Lipinski definition) is 0. The maximum atomic E-state index is 5.86. The smallest absolute Gasteiger partial charge is 0.127 e. The van der Waals surface area contributed by atoms with Gasteiger partial charge in [0.2, 0.25) is 0 Å². The summed E-state index contributed by atoms with van der Waals surface area (Å²) in [6.07, 6.45) is 4.32. The summed E-state index contributed by atoms with van der Waals surface area (Å²) in [5.74, 6) is 1.78. The number of aryl methyl sites for hydroxylation is 2. The van der Waals surface area contributed by atoms with Crippen LogP contribution in [0.5, 0.6) is 11.5 Å². The normalized spacial score (nSPS) is 20.3. The van der Waals surface area contributed by atoms with Gasteiger partial charge in [-0.1, -0.05) is 31.2 Å². The molecule has 2 unspecified atom stereocenters. The molecule has 1 fully saturated rings. The average Bonchev–Trinajstić information content (AvgIpc) is 3.26. The Kier molecular flexibility index (Phi) is 4.26. The maximum Gasteiger partial charge on any atom is 0.127 e. The molecular weight excluding hydrogens is 260 g/mol. The van der Waals surface area contributed by atoms with E-state index in [1.807, 2.05) is 30.3 Å². The van der Waals surface area contributed by atoms with Crippen molar-refractivity contribution in [2.45, 2.75) is 45.3 Å². The highest BCUT2D eigenvalue weighted by molar-refractivity contribution is 5.38. The summed E-state index contributed by atoms with van der Waals surface area (Å²) in [4.78, 5) is 0. The Morgan fingerprint density at radius 2 is 1.81 bits per heavy atom. The Balaban J connectivity index is 1.60. The van der Waals surface area contributed by atoms with Crippen molar-refractivity contribution in [3.05, 3.63) is 59.7 Å². The van der Waals surface area contributed by atoms with Gasteiger partial charge in [0.15, 0.2) is 0 Å². The fourth-order valence-electron chi connectivity index (χ4n) is 2.73. The van der Waals surface area contributed by atoms with Gasteiger partial charge in [-0.25, -0.2) is 0 Å². The monoisotopic (exact) mass is 282 g/mol. The fraction of sp³-hybridized carbons (Fsp3) is 0.368. The first-order valence-electron chi connectivity index (χ1n) is 7.74. The second-order valence-corrected chi connectivity index (χ2v) is 5.66. The number of epoxide rings is 1. The first-order chi connectivity index (χ1) is 10.3. The van der Waals surface area contributed by atoms with E-state index in [0.717, 1.165) is 30.8 Å². The van der Waals surface area contributed by atoms with E-state index in [0.29, 0.717) is 12.2 Å². The lowest BCUT2D eigenvalue weighted by molar-refractivity contribution is 0.359. The number of hydrogen-bond acceptors (Lipinski definition) is 2. The third-order valence-corrected chi connectivity index (χ3v) is 4.08. The van der Waals surface area contributed by atoms with Crippen molar-refractivity contribution in [1.82, 2.24) is 0 Å². The van der Waals surface area contributed by atoms with E-state index in [2.05, 4.69) is 32.0 Å². The molecule has 1 heterocycles. The summed E-state index contributed by atoms with van der Waals surface area (Å²) in [6.45, 7) is 4.34. The summed E-state index contributed by atoms with van der Waals surface area (Å²) in [5, 5.41) is 0. The minimum absolute atomic E-state index is 0.481. The van der Waals surface area contributed by atoms with E-state index < -0.39 is 0 Å². The molecule has 2 aromatic rings. The number of rotatable bonds is 6. The standard InChI is InChI=1S/C19H22O2/c1-3-18-19(21-18)12-10-15-9-11-17(13-14(15)2)20-16-7-5-4-6-8-16/h4-9,11,13,18-19H,3,10,12H2,1-2H3. The molecule has 1 aliphatic heterocycles. The van der Waals surface area contributed by atoms with E-state index in [1.54, 1.807) is 0 Å². The lowest BCUT2D eigenvalue weighted by atomic mass is 10.0. The zero-order chi connectivity index (χ0) is 14.7. The highest BCUT2D eigenvalue weighted by atomic mass is 16.6. The molecule has 0 N–H and O–H groups in total. The Labute approximate surface area is 126 Å². The second kappa shape index (κ2) is 6.31. The van der Waals surface area contributed by atoms with Crippen molar-refractivity contribution in [3.8, 4) is 11.5 Å². The largest absolute Gasteiger partial charge is 0.457 e. The topological polar surface area (TPSA) is 21.8 Å². The first-order valence-corrected chi connectivity index (χ1v) is 7.74. The van der Waals surface area contributed by atoms with Crippen molar-refractivity contribution in [2.24, 2.45) is 0 Å². The van der Waals surface area contributed by atoms with Crippen LogP contribution in [0.3, 0.4) is 0 Å². The quantitative estimate of drug-likeness (QED) is 0.703. The molecule has 0 radical (unpaired) electrons. The van der Waals surface area contributed by atoms with Crippen LogP contribution in [0.4, 0.5) is 0 Å². The predicted molar refractivity (Wildman–Crippen MR) is 85.0 cm³/mol. The zero-order valence-corrected chi connectivity index (χ0v) is 12.7. The Hall–Kier alpha value is -1.80. The molecule has 2 heteroatoms. The minimum atomic E-state index is 0.481. The van der Waals surface area contributed by atoms with Crippen LogP contribution in [0, 0.1) is 6.92 Å². The van der Waals surface area contributed by atoms with Crippen molar-refractivity contribution in [1.29, 1.82) is 0 Å². The fourth-order valence-corrected chi connectivity index (χ4v) is 2.73. The van der Waals surface area contributed by atoms with Gasteiger partial charge in [-0.3, -0.25) is 0 Å². The molecule has 2 nitrogen and oxygen atoms in total. The summed E-state index contributed by atoms with van der Waals surface area (Å²) in [6, 6.07) is 16.2. The molecule has 0 saturated carbocycles. The number of benzene rings is 2. The van der Waals surface area contributed by atoms with Gasteiger partial charge in [0, 0.05) is 0 Å². The van der Waals surface area contributed by atoms with Gasteiger partial charge in [-0.05, 0) is 61.6 Å². The molecule has 3 rings (SSSR count). The van der Waals surface area contributed by atoms with E-state index in [1.165, 1.54) is 11.1 Å². The Bertz CT molecular complexity index is 592. The van der Waals surface area contributed by atoms with Crippen LogP contribution in [0.25, 0.3) is 0 Å². The van der Waals surface area contributed by atoms with Crippen LogP contribution in [0.15, 0.2) is 48.5 Å². The minimum Gasteiger partial charge on any atom is -0.457 e. The summed E-state index contributed by atoms with van der Waals surface area (Å²) in [7, 11) is 0. The van der Waals surface area contributed by atoms with E-state index in [-0.39, 0.29) is 0 Å². The molecule has 2 aromatic carbocycles. The SMILES string of the molecule is CCC1OC1CCc1ccc(Oc2ccccc2)cc1C. The van der Waals surface area contributed by atoms with Crippen LogP contribution in [0.2, 0.25) is 0 Å². The molecule has 1 aliphatic rings. The number of para-hydroxylation sites is 1. The van der Waals surface area contributed by atoms with Crippen molar-refractivity contribution >= 4 is 0 Å². The number of ether oxygens (including phenoxy) is 2. The van der Waals surface area contributed by atoms with Crippen LogP contribution in [-0.4, -0.2) is 12.2 Å². The van der Waals surface area contributed by atoms with Crippen LogP contribution >= 0.6 is 0 Å². The van der Waals surface area contributed by atoms with Gasteiger partial charge in [-0.2, -0.15) is 0 Å². The van der Waals surface area contributed by atoms with E-state index in [9.17, 15) is 0 Å². The van der Waals surface area contributed by atoms with Gasteiger partial charge < -0.3 is 9.47 Å². The van der Waals surface area contributed by atoms with E-state index >= 15 is 0 Å². The zero-order valence-electron chi connectivity index (χ0n) is 12.7. The maximum absolute atomic E-state index is 5.86. The lowest BCUT2D eigenvalue weighted by Crippen LogP contribution is -1.97. The van der Waals surface area contributed by atoms with Crippen LogP contribution in [-0.2, 0) is 11.2 Å². The van der Waals surface area contributed by atoms with Gasteiger partial charge in [-0.15, -0.1) is 0 Å². The molecule has 0 spiro atoms. The third kappa shape index (κ3) is 3.64. The second-order valence-electron chi connectivity index (χ2n) is 5.66. The highest BCUT2D eigenvalue weighted by Crippen LogP contribution is 2.30. The van der Waals surface area contributed by atoms with Gasteiger partial charge in [0.05, 0.1) is 12.2 Å². The summed E-state index contributed by atoms with van der Waals surface area (Å²) < 4.78 is 11.5. The Morgan fingerprint density at radius 1 is 1.00 bits per heavy atom. The van der Waals surface area contributed by atoms with Crippen molar-refractivity contribution in [3.63, 3.8) is 0 Å².